The highest BCUT2D eigenvalue weighted by Gasteiger charge is 2.22. The van der Waals surface area contributed by atoms with E-state index in [1.54, 1.807) is 0 Å². The quantitative estimate of drug-likeness (QED) is 0.742. The third kappa shape index (κ3) is 7.00. The Kier molecular flexibility index (Phi) is 9.01. The Bertz CT molecular complexity index is 253. The summed E-state index contributed by atoms with van der Waals surface area (Å²) in [7, 11) is 2.22. The minimum Gasteiger partial charge on any atom is -0.306 e. The average molecular weight is 311 g/mol. The number of piperidine rings is 2. The fourth-order valence-electron chi connectivity index (χ4n) is 3.80. The molecule has 0 aromatic carbocycles. The molecule has 2 heterocycles. The molecule has 2 heteroatoms. The first-order valence-corrected chi connectivity index (χ1v) is 9.73. The molecule has 2 nitrogen and oxygen atoms in total. The van der Waals surface area contributed by atoms with Crippen molar-refractivity contribution in [1.29, 1.82) is 0 Å². The van der Waals surface area contributed by atoms with E-state index in [0.717, 1.165) is 29.7 Å². The summed E-state index contributed by atoms with van der Waals surface area (Å²) in [4.78, 5) is 5.03. The van der Waals surface area contributed by atoms with Gasteiger partial charge in [-0.15, -0.1) is 0 Å². The monoisotopic (exact) mass is 310 g/mol. The van der Waals surface area contributed by atoms with E-state index in [2.05, 4.69) is 58.4 Å². The molecule has 22 heavy (non-hydrogen) atoms. The number of hydrogen-bond donors (Lipinski definition) is 0. The second kappa shape index (κ2) is 9.93. The van der Waals surface area contributed by atoms with E-state index >= 15 is 0 Å². The molecular weight excluding hydrogens is 268 g/mol. The van der Waals surface area contributed by atoms with E-state index in [4.69, 9.17) is 0 Å². The molecule has 132 valence electrons. The molecule has 0 N–H and O–H groups in total. The molecule has 0 bridgehead atoms. The maximum atomic E-state index is 2.60. The smallest absolute Gasteiger partial charge is 0.00385 e. The van der Waals surface area contributed by atoms with E-state index in [9.17, 15) is 0 Å². The molecule has 0 spiro atoms. The normalized spacial score (nSPS) is 23.2. The minimum atomic E-state index is 0.748. The van der Waals surface area contributed by atoms with Gasteiger partial charge in [-0.1, -0.05) is 27.7 Å². The highest BCUT2D eigenvalue weighted by Crippen LogP contribution is 2.25. The van der Waals surface area contributed by atoms with Crippen LogP contribution in [-0.4, -0.2) is 49.1 Å². The van der Waals surface area contributed by atoms with E-state index < -0.39 is 0 Å². The molecule has 0 saturated carbocycles. The van der Waals surface area contributed by atoms with Crippen molar-refractivity contribution in [3.63, 3.8) is 0 Å². The molecule has 0 radical (unpaired) electrons. The van der Waals surface area contributed by atoms with Crippen LogP contribution in [0, 0.1) is 23.7 Å². The summed E-state index contributed by atoms with van der Waals surface area (Å²) in [6, 6.07) is 0.748. The second-order valence-electron chi connectivity index (χ2n) is 8.60. The number of rotatable bonds is 3. The van der Waals surface area contributed by atoms with Crippen molar-refractivity contribution in [3.8, 4) is 0 Å². The van der Waals surface area contributed by atoms with Gasteiger partial charge in [-0.2, -0.15) is 0 Å². The highest BCUT2D eigenvalue weighted by molar-refractivity contribution is 4.76. The number of nitrogens with zero attached hydrogens (tertiary/aromatic N) is 2. The van der Waals surface area contributed by atoms with Crippen molar-refractivity contribution >= 4 is 0 Å². The van der Waals surface area contributed by atoms with Gasteiger partial charge in [-0.25, -0.2) is 0 Å². The lowest BCUT2D eigenvalue weighted by Gasteiger charge is -2.36. The Hall–Kier alpha value is -0.0800. The Morgan fingerprint density at radius 2 is 1.00 bits per heavy atom. The minimum absolute atomic E-state index is 0.748. The number of likely N-dealkylation sites (tertiary alicyclic amines) is 2. The summed E-state index contributed by atoms with van der Waals surface area (Å²) in [6.45, 7) is 19.3. The van der Waals surface area contributed by atoms with E-state index in [0.29, 0.717) is 0 Å². The van der Waals surface area contributed by atoms with Crippen LogP contribution in [-0.2, 0) is 0 Å². The van der Waals surface area contributed by atoms with Gasteiger partial charge in [0.1, 0.15) is 0 Å². The van der Waals surface area contributed by atoms with Gasteiger partial charge in [0.2, 0.25) is 0 Å². The largest absolute Gasteiger partial charge is 0.306 e. The zero-order valence-electron chi connectivity index (χ0n) is 16.4. The molecule has 0 atom stereocenters. The second-order valence-corrected chi connectivity index (χ2v) is 8.60. The van der Waals surface area contributed by atoms with Gasteiger partial charge in [0.05, 0.1) is 0 Å². The van der Waals surface area contributed by atoms with Gasteiger partial charge in [-0.05, 0) is 96.4 Å². The number of hydrogen-bond acceptors (Lipinski definition) is 2. The summed E-state index contributed by atoms with van der Waals surface area (Å²) in [6.07, 6.45) is 5.65. The van der Waals surface area contributed by atoms with Crippen molar-refractivity contribution in [3.05, 3.63) is 0 Å². The van der Waals surface area contributed by atoms with E-state index in [-0.39, 0.29) is 0 Å². The molecule has 2 aliphatic heterocycles. The zero-order valence-corrected chi connectivity index (χ0v) is 16.4. The van der Waals surface area contributed by atoms with Gasteiger partial charge in [0.25, 0.3) is 0 Å². The Morgan fingerprint density at radius 1 is 0.636 bits per heavy atom. The fourth-order valence-corrected chi connectivity index (χ4v) is 3.80. The molecule has 0 amide bonds. The topological polar surface area (TPSA) is 6.48 Å². The van der Waals surface area contributed by atoms with Crippen LogP contribution in [0.25, 0.3) is 0 Å². The van der Waals surface area contributed by atoms with Crippen molar-refractivity contribution in [2.45, 2.75) is 73.3 Å². The summed E-state index contributed by atoms with van der Waals surface area (Å²) in [5.74, 6) is 3.77. The predicted molar refractivity (Wildman–Crippen MR) is 99.3 cm³/mol. The maximum absolute atomic E-state index is 2.60. The molecule has 0 unspecified atom stereocenters. The maximum Gasteiger partial charge on any atom is 0.00385 e. The van der Waals surface area contributed by atoms with Crippen molar-refractivity contribution in [1.82, 2.24) is 9.80 Å². The SMILES string of the molecule is CC(C)C1CCN(C(C)C)CC1.CC(C)C1CCN(C)CC1. The molecule has 2 rings (SSSR count). The third-order valence-electron chi connectivity index (χ3n) is 5.95. The van der Waals surface area contributed by atoms with Crippen LogP contribution in [0.2, 0.25) is 0 Å². The standard InChI is InChI=1S/C11H23N.C9H19N/c1-9(2)11-5-7-12(8-6-11)10(3)4;1-8(2)9-4-6-10(3)7-5-9/h9-11H,5-8H2,1-4H3;8-9H,4-7H2,1-3H3. The molecule has 0 aromatic rings. The van der Waals surface area contributed by atoms with Crippen molar-refractivity contribution in [2.75, 3.05) is 33.2 Å². The lowest BCUT2D eigenvalue weighted by Crippen LogP contribution is -2.39. The predicted octanol–water partition coefficient (Wildman–Crippen LogP) is 4.75. The van der Waals surface area contributed by atoms with E-state index in [1.807, 2.05) is 0 Å². The van der Waals surface area contributed by atoms with Crippen LogP contribution in [0.1, 0.15) is 67.2 Å². The van der Waals surface area contributed by atoms with Crippen molar-refractivity contribution < 1.29 is 0 Å². The summed E-state index contributed by atoms with van der Waals surface area (Å²) in [5.41, 5.74) is 0. The fraction of sp³-hybridized carbons (Fsp3) is 1.00. The molecule has 2 fully saturated rings. The Morgan fingerprint density at radius 3 is 1.32 bits per heavy atom. The Labute approximate surface area is 140 Å². The third-order valence-corrected chi connectivity index (χ3v) is 5.95. The summed E-state index contributed by atoms with van der Waals surface area (Å²) in [5, 5.41) is 0. The first kappa shape index (κ1) is 20.0. The molecular formula is C20H42N2. The lowest BCUT2D eigenvalue weighted by molar-refractivity contribution is 0.129. The lowest BCUT2D eigenvalue weighted by atomic mass is 9.86. The van der Waals surface area contributed by atoms with Gasteiger partial charge in [0, 0.05) is 6.04 Å². The Balaban J connectivity index is 0.000000224. The van der Waals surface area contributed by atoms with Gasteiger partial charge in [-0.3, -0.25) is 0 Å². The highest BCUT2D eigenvalue weighted by atomic mass is 15.1. The van der Waals surface area contributed by atoms with Crippen LogP contribution in [0.5, 0.6) is 0 Å². The van der Waals surface area contributed by atoms with Crippen LogP contribution < -0.4 is 0 Å². The molecule has 2 saturated heterocycles. The van der Waals surface area contributed by atoms with Gasteiger partial charge >= 0.3 is 0 Å². The zero-order chi connectivity index (χ0) is 16.7. The van der Waals surface area contributed by atoms with Crippen molar-refractivity contribution in [2.24, 2.45) is 23.7 Å². The summed E-state index contributed by atoms with van der Waals surface area (Å²) >= 11 is 0. The first-order valence-electron chi connectivity index (χ1n) is 9.73. The molecule has 2 aliphatic rings. The van der Waals surface area contributed by atoms with Crippen LogP contribution >= 0.6 is 0 Å². The average Bonchev–Trinajstić information content (AvgIpc) is 2.48. The van der Waals surface area contributed by atoms with Crippen LogP contribution in [0.15, 0.2) is 0 Å². The van der Waals surface area contributed by atoms with E-state index in [1.165, 1.54) is 51.9 Å². The van der Waals surface area contributed by atoms with Gasteiger partial charge < -0.3 is 9.80 Å². The molecule has 0 aromatic heterocycles. The van der Waals surface area contributed by atoms with Gasteiger partial charge in [0.15, 0.2) is 0 Å². The molecule has 0 aliphatic carbocycles. The first-order chi connectivity index (χ1) is 10.3. The van der Waals surface area contributed by atoms with Crippen LogP contribution in [0.4, 0.5) is 0 Å². The summed E-state index contributed by atoms with van der Waals surface area (Å²) < 4.78 is 0. The van der Waals surface area contributed by atoms with Crippen LogP contribution in [0.3, 0.4) is 0 Å².